The zero-order valence-corrected chi connectivity index (χ0v) is 32.1. The molecule has 0 bridgehead atoms. The number of benzene rings is 6. The Bertz CT molecular complexity index is 1920. The predicted octanol–water partition coefficient (Wildman–Crippen LogP) is 7.77. The topological polar surface area (TPSA) is 71.1 Å². The number of para-hydroxylation sites is 2. The molecular weight excluding hydrogens is 710 g/mol. The molecule has 0 saturated heterocycles. The van der Waals surface area contributed by atoms with Gasteiger partial charge in [-0.1, -0.05) is 158 Å². The maximum atomic E-state index is 15.0. The van der Waals surface area contributed by atoms with Gasteiger partial charge in [0.1, 0.15) is 24.7 Å². The lowest BCUT2D eigenvalue weighted by atomic mass is 9.94. The lowest BCUT2D eigenvalue weighted by Gasteiger charge is -2.31. The highest BCUT2D eigenvalue weighted by molar-refractivity contribution is 7.86. The highest BCUT2D eigenvalue weighted by Gasteiger charge is 2.34. The highest BCUT2D eigenvalue weighted by Crippen LogP contribution is 2.46. The smallest absolute Gasteiger partial charge is 0.174 e. The fourth-order valence-electron chi connectivity index (χ4n) is 7.23. The third-order valence-corrected chi connectivity index (χ3v) is 16.1. The third kappa shape index (κ3) is 8.33. The van der Waals surface area contributed by atoms with Gasteiger partial charge in [0.15, 0.2) is 14.3 Å². The number of hydrogen-bond acceptors (Lipinski definition) is 6. The van der Waals surface area contributed by atoms with Crippen LogP contribution in [0.25, 0.3) is 0 Å². The summed E-state index contributed by atoms with van der Waals surface area (Å²) in [6.45, 7) is 1.37. The molecule has 8 heteroatoms. The summed E-state index contributed by atoms with van der Waals surface area (Å²) in [5, 5.41) is 4.40. The fourth-order valence-corrected chi connectivity index (χ4v) is 12.8. The Balaban J connectivity index is 0.974. The van der Waals surface area contributed by atoms with Crippen LogP contribution in [0.15, 0.2) is 170 Å². The molecular formula is C46H46O6P2. The van der Waals surface area contributed by atoms with E-state index in [1.165, 1.54) is 0 Å². The molecule has 1 saturated carbocycles. The van der Waals surface area contributed by atoms with Gasteiger partial charge in [-0.15, -0.1) is 0 Å². The molecule has 0 heterocycles. The largest absolute Gasteiger partial charge is 0.490 e. The van der Waals surface area contributed by atoms with Crippen molar-refractivity contribution in [3.8, 4) is 11.5 Å². The van der Waals surface area contributed by atoms with Gasteiger partial charge >= 0.3 is 0 Å². The van der Waals surface area contributed by atoms with E-state index in [1.807, 2.05) is 170 Å². The van der Waals surface area contributed by atoms with Crippen molar-refractivity contribution < 1.29 is 28.1 Å². The van der Waals surface area contributed by atoms with Gasteiger partial charge in [0.2, 0.25) is 0 Å². The summed E-state index contributed by atoms with van der Waals surface area (Å²) in [5.74, 6) is 1.19. The molecule has 0 amide bonds. The van der Waals surface area contributed by atoms with Gasteiger partial charge in [-0.05, 0) is 37.1 Å². The van der Waals surface area contributed by atoms with Gasteiger partial charge in [-0.25, -0.2) is 0 Å². The van der Waals surface area contributed by atoms with Crippen molar-refractivity contribution in [3.05, 3.63) is 170 Å². The van der Waals surface area contributed by atoms with Crippen molar-refractivity contribution in [3.63, 3.8) is 0 Å². The third-order valence-electron chi connectivity index (χ3n) is 9.88. The first kappa shape index (κ1) is 37.6. The molecule has 1 aliphatic carbocycles. The average Bonchev–Trinajstić information content (AvgIpc) is 3.25. The van der Waals surface area contributed by atoms with Gasteiger partial charge < -0.3 is 28.1 Å². The first-order valence-electron chi connectivity index (χ1n) is 18.7. The summed E-state index contributed by atoms with van der Waals surface area (Å²) >= 11 is 0. The van der Waals surface area contributed by atoms with Crippen LogP contribution < -0.4 is 41.3 Å². The summed E-state index contributed by atoms with van der Waals surface area (Å²) in [6, 6.07) is 53.8. The van der Waals surface area contributed by atoms with Gasteiger partial charge in [0.25, 0.3) is 0 Å². The number of ether oxygens (including phenoxy) is 4. The van der Waals surface area contributed by atoms with Crippen LogP contribution >= 0.6 is 14.3 Å². The van der Waals surface area contributed by atoms with Gasteiger partial charge in [-0.2, -0.15) is 0 Å². The Morgan fingerprint density at radius 2 is 0.685 bits per heavy atom. The molecule has 0 radical (unpaired) electrons. The van der Waals surface area contributed by atoms with Crippen molar-refractivity contribution >= 4 is 46.1 Å². The summed E-state index contributed by atoms with van der Waals surface area (Å²) in [4.78, 5) is 0. The van der Waals surface area contributed by atoms with E-state index in [0.717, 1.165) is 46.9 Å². The lowest BCUT2D eigenvalue weighted by Crippen LogP contribution is -2.36. The second kappa shape index (κ2) is 18.1. The molecule has 6 aromatic rings. The molecule has 6 nitrogen and oxygen atoms in total. The Hall–Kier alpha value is -4.70. The van der Waals surface area contributed by atoms with E-state index < -0.39 is 14.3 Å². The van der Waals surface area contributed by atoms with E-state index in [9.17, 15) is 0 Å². The van der Waals surface area contributed by atoms with Crippen molar-refractivity contribution in [1.29, 1.82) is 0 Å². The molecule has 6 aromatic carbocycles. The molecule has 0 N–H and O–H groups in total. The Labute approximate surface area is 318 Å². The summed E-state index contributed by atoms with van der Waals surface area (Å²) in [5.41, 5.74) is 0. The first-order valence-corrected chi connectivity index (χ1v) is 22.1. The number of hydrogen-bond donors (Lipinski definition) is 0. The molecule has 2 unspecified atom stereocenters. The van der Waals surface area contributed by atoms with Gasteiger partial charge in [0, 0.05) is 21.2 Å². The Morgan fingerprint density at radius 1 is 0.389 bits per heavy atom. The maximum absolute atomic E-state index is 15.0. The van der Waals surface area contributed by atoms with Crippen LogP contribution in [0.1, 0.15) is 25.7 Å². The molecule has 0 aromatic heterocycles. The van der Waals surface area contributed by atoms with E-state index >= 15 is 9.13 Å². The summed E-state index contributed by atoms with van der Waals surface area (Å²) < 4.78 is 55.5. The quantitative estimate of drug-likeness (QED) is 0.0743. The van der Waals surface area contributed by atoms with Crippen molar-refractivity contribution in [1.82, 2.24) is 0 Å². The van der Waals surface area contributed by atoms with Crippen LogP contribution in [0.2, 0.25) is 0 Å². The predicted molar refractivity (Wildman–Crippen MR) is 221 cm³/mol. The normalized spacial score (nSPS) is 16.1. The lowest BCUT2D eigenvalue weighted by molar-refractivity contribution is -0.0997. The summed E-state index contributed by atoms with van der Waals surface area (Å²) in [6.07, 6.45) is 3.81. The standard InChI is InChI=1S/C46H46O6P2/c47-53(37-19-5-1-6-20-37,38-21-7-2-8-22-38)45-31-17-15-29-43(45)51-35-33-49-41-27-13-14-28-42(41)50-34-36-52-44-30-16-18-32-46(44)54(48,39-23-9-3-10-24-39)40-25-11-4-12-26-40/h1-12,15-26,29-32,41-42H,13-14,27-28,33-36H2. The Kier molecular flexibility index (Phi) is 12.6. The second-order valence-electron chi connectivity index (χ2n) is 13.3. The van der Waals surface area contributed by atoms with E-state index in [4.69, 9.17) is 18.9 Å². The maximum Gasteiger partial charge on any atom is 0.174 e. The van der Waals surface area contributed by atoms with Crippen LogP contribution in [0.3, 0.4) is 0 Å². The molecule has 0 aliphatic heterocycles. The fraction of sp³-hybridized carbons (Fsp3) is 0.217. The SMILES string of the molecule is O=P(c1ccccc1)(c1ccccc1)c1ccccc1OCCOC1CCCCC1OCCOc1ccccc1P(=O)(c1ccccc1)c1ccccc1. The van der Waals surface area contributed by atoms with E-state index in [2.05, 4.69) is 0 Å². The second-order valence-corrected chi connectivity index (χ2v) is 18.8. The van der Waals surface area contributed by atoms with Crippen LogP contribution in [-0.4, -0.2) is 38.6 Å². The minimum Gasteiger partial charge on any atom is -0.490 e. The minimum atomic E-state index is -3.19. The van der Waals surface area contributed by atoms with E-state index in [1.54, 1.807) is 0 Å². The van der Waals surface area contributed by atoms with Crippen molar-refractivity contribution in [2.45, 2.75) is 37.9 Å². The zero-order valence-electron chi connectivity index (χ0n) is 30.3. The van der Waals surface area contributed by atoms with Crippen LogP contribution in [0, 0.1) is 0 Å². The molecule has 7 rings (SSSR count). The molecule has 276 valence electrons. The van der Waals surface area contributed by atoms with Crippen LogP contribution in [0.4, 0.5) is 0 Å². The van der Waals surface area contributed by atoms with Crippen LogP contribution in [0.5, 0.6) is 11.5 Å². The number of rotatable bonds is 16. The van der Waals surface area contributed by atoms with E-state index in [-0.39, 0.29) is 12.2 Å². The van der Waals surface area contributed by atoms with Crippen molar-refractivity contribution in [2.24, 2.45) is 0 Å². The first-order chi connectivity index (χ1) is 26.6. The van der Waals surface area contributed by atoms with Crippen LogP contribution in [-0.2, 0) is 18.6 Å². The Morgan fingerprint density at radius 3 is 1.02 bits per heavy atom. The molecule has 1 aliphatic rings. The monoisotopic (exact) mass is 756 g/mol. The van der Waals surface area contributed by atoms with Gasteiger partial charge in [0.05, 0.1) is 36.0 Å². The zero-order chi connectivity index (χ0) is 37.1. The van der Waals surface area contributed by atoms with E-state index in [0.29, 0.717) is 48.5 Å². The van der Waals surface area contributed by atoms with Gasteiger partial charge in [-0.3, -0.25) is 0 Å². The average molecular weight is 757 g/mol. The molecule has 0 spiro atoms. The van der Waals surface area contributed by atoms with Crippen molar-refractivity contribution in [2.75, 3.05) is 26.4 Å². The molecule has 1 fully saturated rings. The minimum absolute atomic E-state index is 0.0685. The molecule has 54 heavy (non-hydrogen) atoms. The highest BCUT2D eigenvalue weighted by atomic mass is 31.2. The molecule has 2 atom stereocenters. The summed E-state index contributed by atoms with van der Waals surface area (Å²) in [7, 11) is -6.39.